The van der Waals surface area contributed by atoms with E-state index in [2.05, 4.69) is 10.6 Å². The maximum absolute atomic E-state index is 12.5. The first-order valence-corrected chi connectivity index (χ1v) is 8.01. The van der Waals surface area contributed by atoms with Gasteiger partial charge in [-0.2, -0.15) is 5.26 Å². The molecule has 0 atom stereocenters. The molecule has 0 heterocycles. The van der Waals surface area contributed by atoms with Crippen LogP contribution < -0.4 is 10.6 Å². The second kappa shape index (κ2) is 7.37. The second-order valence-corrected chi connectivity index (χ2v) is 6.59. The van der Waals surface area contributed by atoms with E-state index in [1.165, 1.54) is 13.8 Å². The molecule has 2 amide bonds. The monoisotopic (exact) mass is 355 g/mol. The Hall–Kier alpha value is -2.84. The van der Waals surface area contributed by atoms with Gasteiger partial charge in [0.05, 0.1) is 11.6 Å². The molecular formula is C19H18ClN3O2. The smallest absolute Gasteiger partial charge is 0.239 e. The van der Waals surface area contributed by atoms with Crippen LogP contribution in [0, 0.1) is 23.7 Å². The minimum Gasteiger partial charge on any atom is -0.325 e. The number of hydrogen-bond donors (Lipinski definition) is 2. The number of nitrogens with one attached hydrogen (secondary N) is 2. The molecule has 0 saturated heterocycles. The predicted octanol–water partition coefficient (Wildman–Crippen LogP) is 4.12. The molecule has 2 N–H and O–H groups in total. The Morgan fingerprint density at radius 3 is 2.04 bits per heavy atom. The normalized spacial score (nSPS) is 10.7. The SMILES string of the molecule is Cc1ccc(NC(=O)C(C)(C)C(=O)Nc2ccc(C#N)cc2)cc1Cl. The molecule has 2 aromatic carbocycles. The average Bonchev–Trinajstić information content (AvgIpc) is 2.58. The summed E-state index contributed by atoms with van der Waals surface area (Å²) in [6, 6.07) is 13.6. The van der Waals surface area contributed by atoms with Crippen LogP contribution in [0.25, 0.3) is 0 Å². The molecule has 0 aliphatic rings. The third kappa shape index (κ3) is 4.37. The van der Waals surface area contributed by atoms with E-state index in [9.17, 15) is 9.59 Å². The Kier molecular flexibility index (Phi) is 5.45. The van der Waals surface area contributed by atoms with Gasteiger partial charge in [0.15, 0.2) is 0 Å². The van der Waals surface area contributed by atoms with Crippen molar-refractivity contribution in [2.45, 2.75) is 20.8 Å². The van der Waals surface area contributed by atoms with E-state index >= 15 is 0 Å². The molecule has 0 radical (unpaired) electrons. The van der Waals surface area contributed by atoms with Gasteiger partial charge in [0.2, 0.25) is 11.8 Å². The summed E-state index contributed by atoms with van der Waals surface area (Å²) in [6.45, 7) is 4.94. The lowest BCUT2D eigenvalue weighted by Gasteiger charge is -2.23. The number of nitrogens with zero attached hydrogens (tertiary/aromatic N) is 1. The molecule has 0 aromatic heterocycles. The highest BCUT2D eigenvalue weighted by molar-refractivity contribution is 6.31. The number of hydrogen-bond acceptors (Lipinski definition) is 3. The molecule has 0 aliphatic heterocycles. The van der Waals surface area contributed by atoms with Gasteiger partial charge < -0.3 is 10.6 Å². The van der Waals surface area contributed by atoms with E-state index < -0.39 is 17.2 Å². The summed E-state index contributed by atoms with van der Waals surface area (Å²) < 4.78 is 0. The van der Waals surface area contributed by atoms with Gasteiger partial charge in [0.1, 0.15) is 5.41 Å². The fourth-order valence-electron chi connectivity index (χ4n) is 1.98. The first-order chi connectivity index (χ1) is 11.7. The van der Waals surface area contributed by atoms with Crippen molar-refractivity contribution >= 4 is 34.8 Å². The molecule has 0 unspecified atom stereocenters. The zero-order valence-corrected chi connectivity index (χ0v) is 14.9. The zero-order chi connectivity index (χ0) is 18.6. The topological polar surface area (TPSA) is 82.0 Å². The van der Waals surface area contributed by atoms with E-state index in [0.29, 0.717) is 22.0 Å². The summed E-state index contributed by atoms with van der Waals surface area (Å²) >= 11 is 6.05. The highest BCUT2D eigenvalue weighted by Gasteiger charge is 2.36. The Morgan fingerprint density at radius 1 is 1.00 bits per heavy atom. The second-order valence-electron chi connectivity index (χ2n) is 6.19. The van der Waals surface area contributed by atoms with Crippen LogP contribution in [-0.2, 0) is 9.59 Å². The summed E-state index contributed by atoms with van der Waals surface area (Å²) in [5.41, 5.74) is 1.14. The Bertz CT molecular complexity index is 852. The van der Waals surface area contributed by atoms with Crippen molar-refractivity contribution in [1.82, 2.24) is 0 Å². The summed E-state index contributed by atoms with van der Waals surface area (Å²) in [4.78, 5) is 25.0. The molecule has 0 aliphatic carbocycles. The molecule has 128 valence electrons. The predicted molar refractivity (Wildman–Crippen MR) is 98.4 cm³/mol. The maximum Gasteiger partial charge on any atom is 0.239 e. The number of benzene rings is 2. The number of carbonyl (C=O) groups is 2. The Labute approximate surface area is 151 Å². The van der Waals surface area contributed by atoms with Crippen LogP contribution in [0.4, 0.5) is 11.4 Å². The Balaban J connectivity index is 2.09. The number of amides is 2. The van der Waals surface area contributed by atoms with Crippen molar-refractivity contribution in [2.24, 2.45) is 5.41 Å². The van der Waals surface area contributed by atoms with Gasteiger partial charge in [-0.15, -0.1) is 0 Å². The van der Waals surface area contributed by atoms with Gasteiger partial charge in [-0.05, 0) is 62.7 Å². The summed E-state index contributed by atoms with van der Waals surface area (Å²) in [6.07, 6.45) is 0. The van der Waals surface area contributed by atoms with E-state index in [1.807, 2.05) is 13.0 Å². The van der Waals surface area contributed by atoms with Crippen molar-refractivity contribution in [3.05, 3.63) is 58.6 Å². The van der Waals surface area contributed by atoms with Gasteiger partial charge in [-0.25, -0.2) is 0 Å². The van der Waals surface area contributed by atoms with Crippen molar-refractivity contribution < 1.29 is 9.59 Å². The average molecular weight is 356 g/mol. The van der Waals surface area contributed by atoms with Gasteiger partial charge in [-0.3, -0.25) is 9.59 Å². The fraction of sp³-hybridized carbons (Fsp3) is 0.211. The van der Waals surface area contributed by atoms with Crippen LogP contribution in [-0.4, -0.2) is 11.8 Å². The molecule has 2 aromatic rings. The lowest BCUT2D eigenvalue weighted by Crippen LogP contribution is -2.41. The molecule has 2 rings (SSSR count). The molecule has 0 spiro atoms. The Morgan fingerprint density at radius 2 is 1.52 bits per heavy atom. The number of halogens is 1. The summed E-state index contributed by atoms with van der Waals surface area (Å²) in [5, 5.41) is 14.7. The highest BCUT2D eigenvalue weighted by atomic mass is 35.5. The van der Waals surface area contributed by atoms with E-state index in [-0.39, 0.29) is 0 Å². The van der Waals surface area contributed by atoms with Gasteiger partial charge in [-0.1, -0.05) is 17.7 Å². The van der Waals surface area contributed by atoms with Crippen LogP contribution in [0.3, 0.4) is 0 Å². The number of anilines is 2. The van der Waals surface area contributed by atoms with Crippen LogP contribution in [0.15, 0.2) is 42.5 Å². The third-order valence-electron chi connectivity index (χ3n) is 3.84. The molecule has 0 bridgehead atoms. The van der Waals surface area contributed by atoms with Gasteiger partial charge >= 0.3 is 0 Å². The molecule has 0 fully saturated rings. The number of nitriles is 1. The van der Waals surface area contributed by atoms with Gasteiger partial charge in [0.25, 0.3) is 0 Å². The fourth-order valence-corrected chi connectivity index (χ4v) is 2.16. The number of carbonyl (C=O) groups excluding carboxylic acids is 2. The molecule has 6 heteroatoms. The first-order valence-electron chi connectivity index (χ1n) is 7.63. The number of rotatable bonds is 4. The standard InChI is InChI=1S/C19H18ClN3O2/c1-12-4-7-15(10-16(12)20)23-18(25)19(2,3)17(24)22-14-8-5-13(11-21)6-9-14/h4-10H,1-3H3,(H,22,24)(H,23,25). The van der Waals surface area contributed by atoms with Crippen LogP contribution in [0.1, 0.15) is 25.0 Å². The summed E-state index contributed by atoms with van der Waals surface area (Å²) in [7, 11) is 0. The van der Waals surface area contributed by atoms with Crippen molar-refractivity contribution in [1.29, 1.82) is 5.26 Å². The quantitative estimate of drug-likeness (QED) is 0.809. The van der Waals surface area contributed by atoms with E-state index in [0.717, 1.165) is 5.56 Å². The molecule has 5 nitrogen and oxygen atoms in total. The minimum absolute atomic E-state index is 0.446. The lowest BCUT2D eigenvalue weighted by atomic mass is 9.90. The summed E-state index contributed by atoms with van der Waals surface area (Å²) in [5.74, 6) is -0.897. The van der Waals surface area contributed by atoms with Gasteiger partial charge in [0, 0.05) is 16.4 Å². The molecular weight excluding hydrogens is 338 g/mol. The number of aryl methyl sites for hydroxylation is 1. The third-order valence-corrected chi connectivity index (χ3v) is 4.24. The van der Waals surface area contributed by atoms with E-state index in [4.69, 9.17) is 16.9 Å². The van der Waals surface area contributed by atoms with Crippen LogP contribution >= 0.6 is 11.6 Å². The van der Waals surface area contributed by atoms with Crippen molar-refractivity contribution in [2.75, 3.05) is 10.6 Å². The largest absolute Gasteiger partial charge is 0.325 e. The minimum atomic E-state index is -1.30. The molecule has 25 heavy (non-hydrogen) atoms. The maximum atomic E-state index is 12.5. The first kappa shape index (κ1) is 18.5. The van der Waals surface area contributed by atoms with Crippen molar-refractivity contribution in [3.8, 4) is 6.07 Å². The van der Waals surface area contributed by atoms with Crippen LogP contribution in [0.5, 0.6) is 0 Å². The lowest BCUT2D eigenvalue weighted by molar-refractivity contribution is -0.135. The van der Waals surface area contributed by atoms with E-state index in [1.54, 1.807) is 42.5 Å². The van der Waals surface area contributed by atoms with Crippen molar-refractivity contribution in [3.63, 3.8) is 0 Å². The highest BCUT2D eigenvalue weighted by Crippen LogP contribution is 2.24. The van der Waals surface area contributed by atoms with Crippen LogP contribution in [0.2, 0.25) is 5.02 Å². The zero-order valence-electron chi connectivity index (χ0n) is 14.2. The molecule has 0 saturated carbocycles.